The molecule has 3 heterocycles. The van der Waals surface area contributed by atoms with Crippen LogP contribution in [-0.2, 0) is 24.2 Å². The number of nitrogens with one attached hydrogen (secondary N) is 1. The first kappa shape index (κ1) is 10.9. The summed E-state index contributed by atoms with van der Waals surface area (Å²) >= 11 is 1.85. The van der Waals surface area contributed by atoms with Crippen LogP contribution in [0.3, 0.4) is 0 Å². The lowest BCUT2D eigenvalue weighted by Gasteiger charge is -2.25. The summed E-state index contributed by atoms with van der Waals surface area (Å²) in [5.74, 6) is 0. The van der Waals surface area contributed by atoms with Gasteiger partial charge in [0.25, 0.3) is 0 Å². The largest absolute Gasteiger partial charge is 0.369 e. The zero-order valence-electron chi connectivity index (χ0n) is 10.4. The zero-order valence-corrected chi connectivity index (χ0v) is 11.2. The van der Waals surface area contributed by atoms with Gasteiger partial charge in [-0.1, -0.05) is 23.9 Å². The first-order valence-electron chi connectivity index (χ1n) is 6.41. The van der Waals surface area contributed by atoms with E-state index in [1.165, 1.54) is 27.1 Å². The number of para-hydroxylation sites is 1. The first-order chi connectivity index (χ1) is 8.88. The van der Waals surface area contributed by atoms with Gasteiger partial charge >= 0.3 is 0 Å². The van der Waals surface area contributed by atoms with Crippen LogP contribution in [0.5, 0.6) is 0 Å². The molecule has 1 atom stereocenters. The Morgan fingerprint density at radius 3 is 3.28 bits per heavy atom. The minimum absolute atomic E-state index is 0.245. The third kappa shape index (κ3) is 1.40. The van der Waals surface area contributed by atoms with E-state index in [0.29, 0.717) is 0 Å². The summed E-state index contributed by atoms with van der Waals surface area (Å²) < 4.78 is 8.06. The fourth-order valence-corrected chi connectivity index (χ4v) is 4.24. The van der Waals surface area contributed by atoms with E-state index in [1.54, 1.807) is 7.11 Å². The van der Waals surface area contributed by atoms with Crippen molar-refractivity contribution in [1.82, 2.24) is 9.88 Å². The summed E-state index contributed by atoms with van der Waals surface area (Å²) in [6, 6.07) is 6.64. The Kier molecular flexibility index (Phi) is 2.43. The standard InChI is InChI=1S/C14H16N2OS/c1-17-13-8-16-11-5-6-15-7-10(11)9-3-2-4-12(18-13)14(9)16/h2-4,13,15H,5-8H2,1H3. The molecule has 0 amide bonds. The molecule has 0 fully saturated rings. The van der Waals surface area contributed by atoms with Crippen LogP contribution >= 0.6 is 11.8 Å². The van der Waals surface area contributed by atoms with Crippen molar-refractivity contribution in [3.05, 3.63) is 29.5 Å². The molecule has 18 heavy (non-hydrogen) atoms. The van der Waals surface area contributed by atoms with Crippen molar-refractivity contribution in [1.29, 1.82) is 0 Å². The van der Waals surface area contributed by atoms with E-state index in [0.717, 1.165) is 26.1 Å². The number of nitrogens with zero attached hydrogens (tertiary/aromatic N) is 1. The van der Waals surface area contributed by atoms with E-state index >= 15 is 0 Å². The van der Waals surface area contributed by atoms with Gasteiger partial charge in [0.05, 0.1) is 12.1 Å². The average Bonchev–Trinajstić information content (AvgIpc) is 2.76. The van der Waals surface area contributed by atoms with Crippen molar-refractivity contribution in [2.24, 2.45) is 0 Å². The lowest BCUT2D eigenvalue weighted by molar-refractivity contribution is 0.157. The van der Waals surface area contributed by atoms with Crippen LogP contribution in [0.15, 0.2) is 23.1 Å². The summed E-state index contributed by atoms with van der Waals surface area (Å²) in [6.45, 7) is 3.07. The Balaban J connectivity index is 2.03. The predicted molar refractivity (Wildman–Crippen MR) is 74.0 cm³/mol. The normalized spacial score (nSPS) is 22.2. The highest BCUT2D eigenvalue weighted by molar-refractivity contribution is 8.00. The van der Waals surface area contributed by atoms with Crippen molar-refractivity contribution in [2.75, 3.05) is 13.7 Å². The first-order valence-corrected chi connectivity index (χ1v) is 7.29. The highest BCUT2D eigenvalue weighted by Crippen LogP contribution is 2.41. The third-order valence-electron chi connectivity index (χ3n) is 3.96. The van der Waals surface area contributed by atoms with Gasteiger partial charge in [-0.2, -0.15) is 0 Å². The van der Waals surface area contributed by atoms with Crippen LogP contribution in [0.25, 0.3) is 10.9 Å². The lowest BCUT2D eigenvalue weighted by atomic mass is 10.1. The van der Waals surface area contributed by atoms with Crippen LogP contribution in [-0.4, -0.2) is 23.7 Å². The predicted octanol–water partition coefficient (Wildman–Crippen LogP) is 2.37. The highest BCUT2D eigenvalue weighted by Gasteiger charge is 2.27. The van der Waals surface area contributed by atoms with Gasteiger partial charge in [-0.3, -0.25) is 0 Å². The average molecular weight is 260 g/mol. The summed E-state index contributed by atoms with van der Waals surface area (Å²) in [4.78, 5) is 1.36. The molecule has 0 aliphatic carbocycles. The molecule has 1 aromatic carbocycles. The second-order valence-electron chi connectivity index (χ2n) is 4.90. The molecule has 0 saturated carbocycles. The molecule has 94 valence electrons. The molecule has 2 aliphatic rings. The topological polar surface area (TPSA) is 26.2 Å². The van der Waals surface area contributed by atoms with Crippen molar-refractivity contribution in [2.45, 2.75) is 29.8 Å². The Bertz CT molecular complexity index is 620. The molecule has 1 N–H and O–H groups in total. The van der Waals surface area contributed by atoms with Crippen molar-refractivity contribution in [3.63, 3.8) is 0 Å². The van der Waals surface area contributed by atoms with Gasteiger partial charge in [0.2, 0.25) is 0 Å². The van der Waals surface area contributed by atoms with Crippen LogP contribution in [0.2, 0.25) is 0 Å². The Morgan fingerprint density at radius 2 is 2.39 bits per heavy atom. The Labute approximate surface area is 110 Å². The van der Waals surface area contributed by atoms with Crippen molar-refractivity contribution in [3.8, 4) is 0 Å². The molecule has 2 aromatic rings. The molecular formula is C14H16N2OS. The van der Waals surface area contributed by atoms with Crippen molar-refractivity contribution < 1.29 is 4.74 Å². The van der Waals surface area contributed by atoms with Crippen LogP contribution in [0, 0.1) is 0 Å². The zero-order chi connectivity index (χ0) is 12.1. The fraction of sp³-hybridized carbons (Fsp3) is 0.429. The molecule has 0 saturated heterocycles. The molecule has 1 unspecified atom stereocenters. The molecule has 0 bridgehead atoms. The fourth-order valence-electron chi connectivity index (χ4n) is 3.15. The maximum absolute atomic E-state index is 5.57. The van der Waals surface area contributed by atoms with Crippen LogP contribution < -0.4 is 5.32 Å². The molecule has 0 spiro atoms. The summed E-state index contributed by atoms with van der Waals surface area (Å²) in [6.07, 6.45) is 1.13. The van der Waals surface area contributed by atoms with E-state index in [-0.39, 0.29) is 5.44 Å². The number of thioether (sulfide) groups is 1. The summed E-state index contributed by atoms with van der Waals surface area (Å²) in [5, 5.41) is 4.91. The number of methoxy groups -OCH3 is 1. The number of benzene rings is 1. The molecule has 3 nitrogen and oxygen atoms in total. The van der Waals surface area contributed by atoms with Gasteiger partial charge in [0.15, 0.2) is 0 Å². The molecule has 2 aliphatic heterocycles. The highest BCUT2D eigenvalue weighted by atomic mass is 32.2. The van der Waals surface area contributed by atoms with E-state index in [9.17, 15) is 0 Å². The quantitative estimate of drug-likeness (QED) is 0.852. The smallest absolute Gasteiger partial charge is 0.125 e. The second kappa shape index (κ2) is 4.02. The van der Waals surface area contributed by atoms with Gasteiger partial charge < -0.3 is 14.6 Å². The number of hydrogen-bond donors (Lipinski definition) is 1. The minimum atomic E-state index is 0.245. The lowest BCUT2D eigenvalue weighted by Crippen LogP contribution is -2.27. The molecule has 0 radical (unpaired) electrons. The minimum Gasteiger partial charge on any atom is -0.369 e. The number of rotatable bonds is 1. The molecule has 1 aromatic heterocycles. The second-order valence-corrected chi connectivity index (χ2v) is 6.10. The maximum Gasteiger partial charge on any atom is 0.125 e. The van der Waals surface area contributed by atoms with Crippen LogP contribution in [0.4, 0.5) is 0 Å². The summed E-state index contributed by atoms with van der Waals surface area (Å²) in [5.41, 5.74) is 4.67. The monoisotopic (exact) mass is 260 g/mol. The number of fused-ring (bicyclic) bond motifs is 3. The van der Waals surface area contributed by atoms with E-state index < -0.39 is 0 Å². The third-order valence-corrected chi connectivity index (χ3v) is 5.15. The molecule has 4 heteroatoms. The Morgan fingerprint density at radius 1 is 1.44 bits per heavy atom. The number of hydrogen-bond acceptors (Lipinski definition) is 3. The van der Waals surface area contributed by atoms with Crippen LogP contribution in [0.1, 0.15) is 11.3 Å². The van der Waals surface area contributed by atoms with Gasteiger partial charge in [0.1, 0.15) is 5.44 Å². The van der Waals surface area contributed by atoms with E-state index in [2.05, 4.69) is 28.1 Å². The SMILES string of the molecule is COC1Cn2c3c(c4cccc(c42)S1)CNCC3. The molecular weight excluding hydrogens is 244 g/mol. The van der Waals surface area contributed by atoms with E-state index in [1.807, 2.05) is 11.8 Å². The Hall–Kier alpha value is -0.970. The van der Waals surface area contributed by atoms with Gasteiger partial charge in [-0.25, -0.2) is 0 Å². The van der Waals surface area contributed by atoms with Crippen molar-refractivity contribution >= 4 is 22.7 Å². The summed E-state index contributed by atoms with van der Waals surface area (Å²) in [7, 11) is 1.81. The van der Waals surface area contributed by atoms with Gasteiger partial charge in [-0.05, 0) is 11.6 Å². The van der Waals surface area contributed by atoms with Gasteiger partial charge in [0, 0.05) is 42.6 Å². The number of ether oxygens (including phenoxy) is 1. The van der Waals surface area contributed by atoms with Gasteiger partial charge in [-0.15, -0.1) is 0 Å². The van der Waals surface area contributed by atoms with E-state index in [4.69, 9.17) is 4.74 Å². The maximum atomic E-state index is 5.57. The molecule has 4 rings (SSSR count). The number of aromatic nitrogens is 1.